The maximum absolute atomic E-state index is 5.58. The van der Waals surface area contributed by atoms with Gasteiger partial charge in [0.1, 0.15) is 11.6 Å². The number of hydrogen-bond donors (Lipinski definition) is 2. The zero-order chi connectivity index (χ0) is 9.97. The Morgan fingerprint density at radius 3 is 2.29 bits per heavy atom. The predicted octanol–water partition coefficient (Wildman–Crippen LogP) is 1.31. The van der Waals surface area contributed by atoms with E-state index in [1.807, 2.05) is 18.2 Å². The highest BCUT2D eigenvalue weighted by atomic mass is 14.9. The molecule has 0 aliphatic carbocycles. The second kappa shape index (κ2) is 3.33. The lowest BCUT2D eigenvalue weighted by Gasteiger charge is -2.02. The molecule has 2 heterocycles. The van der Waals surface area contributed by atoms with Gasteiger partial charge in [0.25, 0.3) is 0 Å². The fourth-order valence-electron chi connectivity index (χ4n) is 1.26. The van der Waals surface area contributed by atoms with E-state index in [-0.39, 0.29) is 0 Å². The van der Waals surface area contributed by atoms with Gasteiger partial charge in [0, 0.05) is 11.8 Å². The van der Waals surface area contributed by atoms with Crippen LogP contribution in [0.5, 0.6) is 0 Å². The summed E-state index contributed by atoms with van der Waals surface area (Å²) >= 11 is 0. The van der Waals surface area contributed by atoms with Crippen molar-refractivity contribution in [3.8, 4) is 11.3 Å². The predicted molar refractivity (Wildman–Crippen MR) is 56.3 cm³/mol. The molecule has 0 saturated heterocycles. The summed E-state index contributed by atoms with van der Waals surface area (Å²) in [6.45, 7) is 0. The minimum Gasteiger partial charge on any atom is -0.384 e. The summed E-state index contributed by atoms with van der Waals surface area (Å²) < 4.78 is 0. The van der Waals surface area contributed by atoms with Crippen molar-refractivity contribution in [3.63, 3.8) is 0 Å². The molecule has 0 saturated carbocycles. The second-order valence-electron chi connectivity index (χ2n) is 2.92. The van der Waals surface area contributed by atoms with Crippen molar-refractivity contribution in [2.45, 2.75) is 0 Å². The molecule has 2 aromatic heterocycles. The number of nitrogens with zero attached hydrogens (tertiary/aromatic N) is 2. The molecule has 0 aromatic carbocycles. The smallest absolute Gasteiger partial charge is 0.126 e. The Bertz CT molecular complexity index is 419. The highest BCUT2D eigenvalue weighted by molar-refractivity contribution is 5.65. The Morgan fingerprint density at radius 1 is 1.00 bits per heavy atom. The molecule has 0 radical (unpaired) electrons. The van der Waals surface area contributed by atoms with Gasteiger partial charge in [-0.1, -0.05) is 6.07 Å². The van der Waals surface area contributed by atoms with Crippen molar-refractivity contribution in [3.05, 3.63) is 36.5 Å². The maximum atomic E-state index is 5.58. The SMILES string of the molecule is Nc1cc(-c2ccccn2)cc(N)n1. The fourth-order valence-corrected chi connectivity index (χ4v) is 1.26. The lowest BCUT2D eigenvalue weighted by molar-refractivity contribution is 1.30. The molecular weight excluding hydrogens is 176 g/mol. The van der Waals surface area contributed by atoms with Crippen molar-refractivity contribution < 1.29 is 0 Å². The van der Waals surface area contributed by atoms with Crippen LogP contribution in [0, 0.1) is 0 Å². The molecule has 4 N–H and O–H groups in total. The van der Waals surface area contributed by atoms with E-state index >= 15 is 0 Å². The van der Waals surface area contributed by atoms with Gasteiger partial charge >= 0.3 is 0 Å². The Kier molecular flexibility index (Phi) is 2.02. The van der Waals surface area contributed by atoms with E-state index in [1.54, 1.807) is 18.3 Å². The zero-order valence-electron chi connectivity index (χ0n) is 7.51. The molecular formula is C10H10N4. The van der Waals surface area contributed by atoms with Crippen LogP contribution in [-0.2, 0) is 0 Å². The molecule has 0 unspecified atom stereocenters. The van der Waals surface area contributed by atoms with Crippen molar-refractivity contribution >= 4 is 11.6 Å². The van der Waals surface area contributed by atoms with E-state index in [0.717, 1.165) is 11.3 Å². The molecule has 70 valence electrons. The molecule has 0 spiro atoms. The molecule has 2 rings (SSSR count). The van der Waals surface area contributed by atoms with Gasteiger partial charge in [0.05, 0.1) is 5.69 Å². The normalized spacial score (nSPS) is 10.0. The quantitative estimate of drug-likeness (QED) is 0.703. The number of nitrogen functional groups attached to an aromatic ring is 2. The number of rotatable bonds is 1. The number of anilines is 2. The molecule has 4 nitrogen and oxygen atoms in total. The summed E-state index contributed by atoms with van der Waals surface area (Å²) in [4.78, 5) is 8.08. The highest BCUT2D eigenvalue weighted by Crippen LogP contribution is 2.19. The number of pyridine rings is 2. The number of hydrogen-bond acceptors (Lipinski definition) is 4. The van der Waals surface area contributed by atoms with E-state index in [2.05, 4.69) is 9.97 Å². The average Bonchev–Trinajstić information content (AvgIpc) is 2.18. The monoisotopic (exact) mass is 186 g/mol. The molecule has 0 bridgehead atoms. The van der Waals surface area contributed by atoms with Crippen LogP contribution in [0.3, 0.4) is 0 Å². The molecule has 14 heavy (non-hydrogen) atoms. The standard InChI is InChI=1S/C10H10N4/c11-9-5-7(6-10(12)14-9)8-3-1-2-4-13-8/h1-6H,(H4,11,12,14). The summed E-state index contributed by atoms with van der Waals surface area (Å²) in [5.41, 5.74) is 12.9. The van der Waals surface area contributed by atoms with Gasteiger partial charge in [-0.25, -0.2) is 4.98 Å². The average molecular weight is 186 g/mol. The summed E-state index contributed by atoms with van der Waals surface area (Å²) in [7, 11) is 0. The Balaban J connectivity index is 2.52. The molecule has 0 aliphatic rings. The van der Waals surface area contributed by atoms with Crippen LogP contribution < -0.4 is 11.5 Å². The van der Waals surface area contributed by atoms with Gasteiger partial charge in [-0.3, -0.25) is 4.98 Å². The molecule has 4 heteroatoms. The molecule has 0 amide bonds. The number of aromatic nitrogens is 2. The van der Waals surface area contributed by atoms with Crippen LogP contribution >= 0.6 is 0 Å². The van der Waals surface area contributed by atoms with Crippen LogP contribution in [-0.4, -0.2) is 9.97 Å². The first-order valence-corrected chi connectivity index (χ1v) is 4.20. The first-order valence-electron chi connectivity index (χ1n) is 4.20. The maximum Gasteiger partial charge on any atom is 0.126 e. The summed E-state index contributed by atoms with van der Waals surface area (Å²) in [6.07, 6.45) is 1.72. The van der Waals surface area contributed by atoms with Gasteiger partial charge < -0.3 is 11.5 Å². The van der Waals surface area contributed by atoms with Gasteiger partial charge in [0.2, 0.25) is 0 Å². The molecule has 2 aromatic rings. The van der Waals surface area contributed by atoms with E-state index in [0.29, 0.717) is 11.6 Å². The second-order valence-corrected chi connectivity index (χ2v) is 2.92. The van der Waals surface area contributed by atoms with E-state index < -0.39 is 0 Å². The van der Waals surface area contributed by atoms with Crippen molar-refractivity contribution in [2.75, 3.05) is 11.5 Å². The van der Waals surface area contributed by atoms with E-state index in [4.69, 9.17) is 11.5 Å². The molecule has 0 atom stereocenters. The van der Waals surface area contributed by atoms with Crippen LogP contribution in [0.2, 0.25) is 0 Å². The summed E-state index contributed by atoms with van der Waals surface area (Å²) in [5, 5.41) is 0. The summed E-state index contributed by atoms with van der Waals surface area (Å²) in [6, 6.07) is 9.16. The first kappa shape index (κ1) is 8.50. The Hall–Kier alpha value is -2.10. The number of nitrogens with two attached hydrogens (primary N) is 2. The molecule has 0 fully saturated rings. The van der Waals surface area contributed by atoms with Gasteiger partial charge in [0.15, 0.2) is 0 Å². The Morgan fingerprint density at radius 2 is 1.71 bits per heavy atom. The zero-order valence-corrected chi connectivity index (χ0v) is 7.51. The Labute approximate surface area is 81.6 Å². The molecule has 0 aliphatic heterocycles. The van der Waals surface area contributed by atoms with Gasteiger partial charge in [-0.2, -0.15) is 0 Å². The van der Waals surface area contributed by atoms with Crippen molar-refractivity contribution in [1.29, 1.82) is 0 Å². The van der Waals surface area contributed by atoms with Gasteiger partial charge in [-0.15, -0.1) is 0 Å². The van der Waals surface area contributed by atoms with Crippen LogP contribution in [0.15, 0.2) is 36.5 Å². The third-order valence-electron chi connectivity index (χ3n) is 1.83. The lowest BCUT2D eigenvalue weighted by atomic mass is 10.1. The van der Waals surface area contributed by atoms with Crippen LogP contribution in [0.25, 0.3) is 11.3 Å². The third-order valence-corrected chi connectivity index (χ3v) is 1.83. The topological polar surface area (TPSA) is 77.8 Å². The van der Waals surface area contributed by atoms with E-state index in [9.17, 15) is 0 Å². The minimum atomic E-state index is 0.408. The summed E-state index contributed by atoms with van der Waals surface area (Å²) in [5.74, 6) is 0.816. The van der Waals surface area contributed by atoms with Crippen molar-refractivity contribution in [2.24, 2.45) is 0 Å². The van der Waals surface area contributed by atoms with E-state index in [1.165, 1.54) is 0 Å². The largest absolute Gasteiger partial charge is 0.384 e. The fraction of sp³-hybridized carbons (Fsp3) is 0. The van der Waals surface area contributed by atoms with Crippen molar-refractivity contribution in [1.82, 2.24) is 9.97 Å². The first-order chi connectivity index (χ1) is 6.75. The third kappa shape index (κ3) is 1.64. The van der Waals surface area contributed by atoms with Crippen LogP contribution in [0.4, 0.5) is 11.6 Å². The highest BCUT2D eigenvalue weighted by Gasteiger charge is 2.00. The van der Waals surface area contributed by atoms with Crippen LogP contribution in [0.1, 0.15) is 0 Å². The van der Waals surface area contributed by atoms with Gasteiger partial charge in [-0.05, 0) is 24.3 Å². The lowest BCUT2D eigenvalue weighted by Crippen LogP contribution is -1.96. The minimum absolute atomic E-state index is 0.408.